The Morgan fingerprint density at radius 2 is 1.40 bits per heavy atom. The van der Waals surface area contributed by atoms with E-state index in [-0.39, 0.29) is 11.3 Å². The van der Waals surface area contributed by atoms with Crippen LogP contribution in [0, 0.1) is 0 Å². The molecule has 0 aliphatic rings. The van der Waals surface area contributed by atoms with Gasteiger partial charge in [0.05, 0.1) is 0 Å². The second-order valence-corrected chi connectivity index (χ2v) is 0.874. The highest BCUT2D eigenvalue weighted by Gasteiger charge is 1.53. The Morgan fingerprint density at radius 3 is 1.40 bits per heavy atom. The molecule has 0 aliphatic carbocycles. The molecule has 0 spiro atoms. The van der Waals surface area contributed by atoms with Crippen molar-refractivity contribution < 1.29 is 0 Å². The maximum atomic E-state index is 4.62. The minimum atomic E-state index is 0. The van der Waals surface area contributed by atoms with Crippen LogP contribution in [0.15, 0.2) is 0 Å². The summed E-state index contributed by atoms with van der Waals surface area (Å²) in [6.07, 6.45) is 0. The van der Waals surface area contributed by atoms with E-state index in [2.05, 4.69) is 23.7 Å². The van der Waals surface area contributed by atoms with Crippen molar-refractivity contribution in [2.24, 2.45) is 11.5 Å². The number of hydrogen-bond donors (Lipinski definition) is 3. The number of hydrogen-bond acceptors (Lipinski definition) is 1. The third-order valence-electron chi connectivity index (χ3n) is 0. The van der Waals surface area contributed by atoms with Crippen molar-refractivity contribution in [2.45, 2.75) is 0 Å². The molecule has 0 aromatic rings. The first-order valence-electron chi connectivity index (χ1n) is 0.781. The Morgan fingerprint density at radius 1 is 1.40 bits per heavy atom. The van der Waals surface area contributed by atoms with Gasteiger partial charge in [0, 0.05) is 0 Å². The summed E-state index contributed by atoms with van der Waals surface area (Å²) >= 11 is 4.09. The van der Waals surface area contributed by atoms with E-state index in [9.17, 15) is 0 Å². The fraction of sp³-hybridized carbons (Fsp3) is 0. The standard InChI is InChI=1S/CH4N2S.H3N/c2-1(3)4;/h(H4,2,3,4);1H3/p+1. The maximum Gasteiger partial charge on any atom is 0.160 e. The van der Waals surface area contributed by atoms with Gasteiger partial charge in [0.15, 0.2) is 5.11 Å². The van der Waals surface area contributed by atoms with Gasteiger partial charge in [-0.3, -0.25) is 0 Å². The minimum absolute atomic E-state index is 0. The summed E-state index contributed by atoms with van der Waals surface area (Å²) < 4.78 is 0. The molecule has 0 atom stereocenters. The second kappa shape index (κ2) is 3.65. The van der Waals surface area contributed by atoms with E-state index in [1.165, 1.54) is 0 Å². The molecule has 5 heavy (non-hydrogen) atoms. The predicted molar refractivity (Wildman–Crippen MR) is 27.0 cm³/mol. The van der Waals surface area contributed by atoms with E-state index in [1.54, 1.807) is 0 Å². The van der Waals surface area contributed by atoms with Crippen LogP contribution in [0.5, 0.6) is 0 Å². The molecule has 0 rings (SSSR count). The molecular weight excluding hydrogens is 86.1 g/mol. The van der Waals surface area contributed by atoms with Gasteiger partial charge in [-0.15, -0.1) is 0 Å². The van der Waals surface area contributed by atoms with Gasteiger partial charge in [-0.1, -0.05) is 0 Å². The van der Waals surface area contributed by atoms with E-state index >= 15 is 0 Å². The van der Waals surface area contributed by atoms with Gasteiger partial charge in [0.2, 0.25) is 0 Å². The van der Waals surface area contributed by atoms with Crippen LogP contribution in [-0.4, -0.2) is 5.11 Å². The van der Waals surface area contributed by atoms with Crippen molar-refractivity contribution >= 4 is 17.3 Å². The lowest BCUT2D eigenvalue weighted by Gasteiger charge is -1.68. The Balaban J connectivity index is 0. The first kappa shape index (κ1) is 8.82. The van der Waals surface area contributed by atoms with E-state index in [4.69, 9.17) is 0 Å². The fourth-order valence-corrected chi connectivity index (χ4v) is 0. The van der Waals surface area contributed by atoms with Crippen LogP contribution in [0.2, 0.25) is 0 Å². The van der Waals surface area contributed by atoms with Gasteiger partial charge in [-0.05, 0) is 12.2 Å². The summed E-state index contributed by atoms with van der Waals surface area (Å²) in [6, 6.07) is 0. The summed E-state index contributed by atoms with van der Waals surface area (Å²) in [6.45, 7) is 0. The summed E-state index contributed by atoms with van der Waals surface area (Å²) in [7, 11) is 0. The normalized spacial score (nSPS) is 4.80. The highest BCUT2D eigenvalue weighted by Crippen LogP contribution is 1.32. The quantitative estimate of drug-likeness (QED) is 0.356. The van der Waals surface area contributed by atoms with Crippen molar-refractivity contribution in [1.29, 1.82) is 0 Å². The van der Waals surface area contributed by atoms with E-state index < -0.39 is 0 Å². The number of quaternary nitrogens is 1. The molecule has 0 aromatic carbocycles. The van der Waals surface area contributed by atoms with E-state index in [0.717, 1.165) is 0 Å². The maximum absolute atomic E-state index is 4.62. The first-order chi connectivity index (χ1) is 1.73. The Kier molecular flexibility index (Phi) is 6.44. The van der Waals surface area contributed by atoms with Crippen LogP contribution < -0.4 is 17.6 Å². The molecule has 0 bridgehead atoms. The third kappa shape index (κ3) is 81.1. The molecule has 8 N–H and O–H groups in total. The molecular formula is CH8N3S+. The lowest BCUT2D eigenvalue weighted by Crippen LogP contribution is -2.18. The highest BCUT2D eigenvalue weighted by atomic mass is 32.1. The van der Waals surface area contributed by atoms with Gasteiger partial charge >= 0.3 is 0 Å². The van der Waals surface area contributed by atoms with Gasteiger partial charge in [0.25, 0.3) is 0 Å². The van der Waals surface area contributed by atoms with Crippen molar-refractivity contribution in [3.63, 3.8) is 0 Å². The van der Waals surface area contributed by atoms with Crippen LogP contribution >= 0.6 is 12.2 Å². The smallest absolute Gasteiger partial charge is 0.160 e. The Labute approximate surface area is 35.9 Å². The predicted octanol–water partition coefficient (Wildman–Crippen LogP) is -0.435. The number of rotatable bonds is 0. The van der Waals surface area contributed by atoms with Gasteiger partial charge < -0.3 is 17.6 Å². The zero-order valence-electron chi connectivity index (χ0n) is 3.06. The van der Waals surface area contributed by atoms with Crippen molar-refractivity contribution in [2.75, 3.05) is 0 Å². The topological polar surface area (TPSA) is 88.5 Å². The van der Waals surface area contributed by atoms with Gasteiger partial charge in [-0.2, -0.15) is 0 Å². The molecule has 0 unspecified atom stereocenters. The SMILES string of the molecule is NC(N)=S.[NH4+]. The average molecular weight is 94.2 g/mol. The van der Waals surface area contributed by atoms with Crippen LogP contribution in [0.3, 0.4) is 0 Å². The molecule has 32 valence electrons. The molecule has 0 aliphatic heterocycles. The number of nitrogens with two attached hydrogens (primary N) is 2. The fourth-order valence-electron chi connectivity index (χ4n) is 0. The highest BCUT2D eigenvalue weighted by molar-refractivity contribution is 7.80. The molecule has 0 amide bonds. The molecule has 3 nitrogen and oxygen atoms in total. The molecule has 0 fully saturated rings. The van der Waals surface area contributed by atoms with Crippen LogP contribution in [0.4, 0.5) is 0 Å². The molecule has 0 heterocycles. The molecule has 0 saturated carbocycles. The van der Waals surface area contributed by atoms with E-state index in [1.807, 2.05) is 0 Å². The zero-order valence-corrected chi connectivity index (χ0v) is 3.88. The van der Waals surface area contributed by atoms with Crippen LogP contribution in [0.1, 0.15) is 0 Å². The lowest BCUT2D eigenvalue weighted by atomic mass is 11.3. The molecule has 0 radical (unpaired) electrons. The van der Waals surface area contributed by atoms with Gasteiger partial charge in [0.1, 0.15) is 0 Å². The largest absolute Gasteiger partial charge is 0.377 e. The van der Waals surface area contributed by atoms with Crippen molar-refractivity contribution in [3.05, 3.63) is 0 Å². The summed E-state index contributed by atoms with van der Waals surface area (Å²) in [4.78, 5) is 0. The molecule has 0 saturated heterocycles. The number of thiocarbonyl (C=S) groups is 1. The zero-order chi connectivity index (χ0) is 3.58. The summed E-state index contributed by atoms with van der Waals surface area (Å²) in [5.74, 6) is 0. The Hall–Kier alpha value is -0.350. The molecule has 0 aromatic heterocycles. The second-order valence-electron chi connectivity index (χ2n) is 0.402. The third-order valence-corrected chi connectivity index (χ3v) is 0. The van der Waals surface area contributed by atoms with Gasteiger partial charge in [-0.25, -0.2) is 0 Å². The monoisotopic (exact) mass is 94.0 g/mol. The molecule has 4 heteroatoms. The summed E-state index contributed by atoms with van der Waals surface area (Å²) in [5.41, 5.74) is 9.24. The summed E-state index contributed by atoms with van der Waals surface area (Å²) in [5, 5.41) is 0.000000000000000222. The minimum Gasteiger partial charge on any atom is -0.377 e. The van der Waals surface area contributed by atoms with Crippen LogP contribution in [0.25, 0.3) is 0 Å². The van der Waals surface area contributed by atoms with Crippen molar-refractivity contribution in [3.8, 4) is 0 Å². The Bertz CT molecular complexity index is 29.9. The van der Waals surface area contributed by atoms with E-state index in [0.29, 0.717) is 0 Å². The lowest BCUT2D eigenvalue weighted by molar-refractivity contribution is 1.65. The van der Waals surface area contributed by atoms with Crippen LogP contribution in [-0.2, 0) is 0 Å². The first-order valence-corrected chi connectivity index (χ1v) is 1.19. The average Bonchev–Trinajstić information content (AvgIpc) is 0.811. The van der Waals surface area contributed by atoms with Crippen molar-refractivity contribution in [1.82, 2.24) is 6.15 Å².